The molecule has 1 aromatic carbocycles. The zero-order valence-electron chi connectivity index (χ0n) is 11.0. The summed E-state index contributed by atoms with van der Waals surface area (Å²) in [6.07, 6.45) is 0. The zero-order chi connectivity index (χ0) is 13.9. The van der Waals surface area contributed by atoms with E-state index in [2.05, 4.69) is 30.9 Å². The van der Waals surface area contributed by atoms with Gasteiger partial charge in [-0.3, -0.25) is 0 Å². The van der Waals surface area contributed by atoms with Crippen LogP contribution in [0.25, 0.3) is 11.4 Å². The van der Waals surface area contributed by atoms with E-state index < -0.39 is 0 Å². The SMILES string of the molecule is COc1ccc(-c2nnn(Cn3nnnc3C)n2)cc1. The van der Waals surface area contributed by atoms with Crippen LogP contribution in [-0.4, -0.2) is 47.5 Å². The molecule has 0 spiro atoms. The molecule has 3 aromatic rings. The van der Waals surface area contributed by atoms with Crippen molar-refractivity contribution in [2.75, 3.05) is 7.11 Å². The van der Waals surface area contributed by atoms with Gasteiger partial charge in [-0.15, -0.1) is 20.1 Å². The van der Waals surface area contributed by atoms with Crippen molar-refractivity contribution in [2.24, 2.45) is 0 Å². The largest absolute Gasteiger partial charge is 0.497 e. The van der Waals surface area contributed by atoms with Gasteiger partial charge in [0, 0.05) is 5.56 Å². The predicted octanol–water partition coefficient (Wildman–Crippen LogP) is 0.149. The first-order chi connectivity index (χ1) is 9.76. The Balaban J connectivity index is 1.80. The second-order valence-corrected chi connectivity index (χ2v) is 4.08. The van der Waals surface area contributed by atoms with Gasteiger partial charge in [-0.2, -0.15) is 0 Å². The average molecular weight is 272 g/mol. The molecule has 9 nitrogen and oxygen atoms in total. The summed E-state index contributed by atoms with van der Waals surface area (Å²) < 4.78 is 6.69. The molecule has 3 rings (SSSR count). The molecule has 0 aliphatic rings. The van der Waals surface area contributed by atoms with Gasteiger partial charge in [-0.1, -0.05) is 0 Å². The van der Waals surface area contributed by atoms with Crippen LogP contribution in [0.2, 0.25) is 0 Å². The molecule has 0 radical (unpaired) electrons. The molecule has 0 bridgehead atoms. The number of aromatic nitrogens is 8. The van der Waals surface area contributed by atoms with E-state index in [1.54, 1.807) is 18.7 Å². The van der Waals surface area contributed by atoms with Crippen molar-refractivity contribution in [1.82, 2.24) is 40.4 Å². The summed E-state index contributed by atoms with van der Waals surface area (Å²) in [5.74, 6) is 2.01. The molecule has 0 saturated heterocycles. The lowest BCUT2D eigenvalue weighted by molar-refractivity contribution is 0.415. The van der Waals surface area contributed by atoms with Crippen LogP contribution in [-0.2, 0) is 6.67 Å². The van der Waals surface area contributed by atoms with Crippen LogP contribution in [0, 0.1) is 6.92 Å². The van der Waals surface area contributed by atoms with Crippen LogP contribution in [0.15, 0.2) is 24.3 Å². The highest BCUT2D eigenvalue weighted by atomic mass is 16.5. The lowest BCUT2D eigenvalue weighted by atomic mass is 10.2. The Morgan fingerprint density at radius 1 is 1.10 bits per heavy atom. The summed E-state index contributed by atoms with van der Waals surface area (Å²) in [6, 6.07) is 7.45. The highest BCUT2D eigenvalue weighted by Gasteiger charge is 2.08. The highest BCUT2D eigenvalue weighted by molar-refractivity contribution is 5.55. The first-order valence-electron chi connectivity index (χ1n) is 5.91. The fraction of sp³-hybridized carbons (Fsp3) is 0.273. The maximum atomic E-state index is 5.11. The van der Waals surface area contributed by atoms with E-state index in [9.17, 15) is 0 Å². The molecule has 0 fully saturated rings. The molecule has 2 heterocycles. The van der Waals surface area contributed by atoms with E-state index in [1.807, 2.05) is 24.3 Å². The third-order valence-corrected chi connectivity index (χ3v) is 2.77. The van der Waals surface area contributed by atoms with Crippen molar-refractivity contribution in [3.05, 3.63) is 30.1 Å². The van der Waals surface area contributed by atoms with Crippen molar-refractivity contribution in [3.63, 3.8) is 0 Å². The average Bonchev–Trinajstić information content (AvgIpc) is 3.10. The minimum Gasteiger partial charge on any atom is -0.497 e. The van der Waals surface area contributed by atoms with Gasteiger partial charge in [0.2, 0.25) is 5.82 Å². The number of aryl methyl sites for hydroxylation is 1. The summed E-state index contributed by atoms with van der Waals surface area (Å²) in [6.45, 7) is 2.13. The van der Waals surface area contributed by atoms with Crippen LogP contribution in [0.3, 0.4) is 0 Å². The summed E-state index contributed by atoms with van der Waals surface area (Å²) in [7, 11) is 1.62. The standard InChI is InChI=1S/C11H12N8O/c1-8-12-15-17-18(8)7-19-14-11(13-16-19)9-3-5-10(20-2)6-4-9/h3-6H,7H2,1-2H3. The Kier molecular flexibility index (Phi) is 3.07. The number of methoxy groups -OCH3 is 1. The summed E-state index contributed by atoms with van der Waals surface area (Å²) in [5, 5.41) is 23.5. The predicted molar refractivity (Wildman–Crippen MR) is 67.8 cm³/mol. The van der Waals surface area contributed by atoms with Gasteiger partial charge in [0.25, 0.3) is 0 Å². The lowest BCUT2D eigenvalue weighted by Crippen LogP contribution is -2.14. The van der Waals surface area contributed by atoms with Gasteiger partial charge >= 0.3 is 0 Å². The van der Waals surface area contributed by atoms with Crippen LogP contribution in [0.1, 0.15) is 5.82 Å². The van der Waals surface area contributed by atoms with Crippen molar-refractivity contribution in [1.29, 1.82) is 0 Å². The van der Waals surface area contributed by atoms with E-state index >= 15 is 0 Å². The van der Waals surface area contributed by atoms with Crippen LogP contribution < -0.4 is 4.74 Å². The number of tetrazole rings is 2. The van der Waals surface area contributed by atoms with Gasteiger partial charge in [0.1, 0.15) is 5.75 Å². The lowest BCUT2D eigenvalue weighted by Gasteiger charge is -2.00. The van der Waals surface area contributed by atoms with Crippen LogP contribution >= 0.6 is 0 Å². The molecule has 2 aromatic heterocycles. The molecule has 20 heavy (non-hydrogen) atoms. The van der Waals surface area contributed by atoms with E-state index in [4.69, 9.17) is 4.74 Å². The molecule has 0 atom stereocenters. The minimum absolute atomic E-state index is 0.321. The van der Waals surface area contributed by atoms with Gasteiger partial charge in [0.05, 0.1) is 7.11 Å². The third kappa shape index (κ3) is 2.32. The molecule has 0 saturated carbocycles. The fourth-order valence-corrected chi connectivity index (χ4v) is 1.66. The van der Waals surface area contributed by atoms with Crippen LogP contribution in [0.5, 0.6) is 5.75 Å². The molecule has 0 N–H and O–H groups in total. The maximum Gasteiger partial charge on any atom is 0.205 e. The van der Waals surface area contributed by atoms with E-state index in [-0.39, 0.29) is 0 Å². The van der Waals surface area contributed by atoms with E-state index in [0.29, 0.717) is 18.3 Å². The Labute approximate surface area is 114 Å². The van der Waals surface area contributed by atoms with Gasteiger partial charge in [-0.05, 0) is 46.8 Å². The van der Waals surface area contributed by atoms with Crippen molar-refractivity contribution >= 4 is 0 Å². The van der Waals surface area contributed by atoms with Gasteiger partial charge < -0.3 is 4.74 Å². The van der Waals surface area contributed by atoms with E-state index in [1.165, 1.54) is 4.80 Å². The third-order valence-electron chi connectivity index (χ3n) is 2.77. The molecule has 0 amide bonds. The number of hydrogen-bond donors (Lipinski definition) is 0. The number of rotatable bonds is 4. The van der Waals surface area contributed by atoms with Crippen molar-refractivity contribution < 1.29 is 4.74 Å². The summed E-state index contributed by atoms with van der Waals surface area (Å²) >= 11 is 0. The Bertz CT molecular complexity index is 701. The Morgan fingerprint density at radius 2 is 1.90 bits per heavy atom. The molecule has 0 aliphatic carbocycles. The fourth-order valence-electron chi connectivity index (χ4n) is 1.66. The first-order valence-corrected chi connectivity index (χ1v) is 5.91. The molecule has 0 aliphatic heterocycles. The highest BCUT2D eigenvalue weighted by Crippen LogP contribution is 2.18. The number of nitrogens with zero attached hydrogens (tertiary/aromatic N) is 8. The Hall–Kier alpha value is -2.84. The van der Waals surface area contributed by atoms with Crippen molar-refractivity contribution in [2.45, 2.75) is 13.6 Å². The minimum atomic E-state index is 0.321. The number of ether oxygens (including phenoxy) is 1. The summed E-state index contributed by atoms with van der Waals surface area (Å²) in [4.78, 5) is 1.43. The molecule has 102 valence electrons. The second-order valence-electron chi connectivity index (χ2n) is 4.08. The first kappa shape index (κ1) is 12.2. The quantitative estimate of drug-likeness (QED) is 0.666. The molecular weight excluding hydrogens is 260 g/mol. The molecule has 9 heteroatoms. The van der Waals surface area contributed by atoms with Gasteiger partial charge in [0.15, 0.2) is 12.5 Å². The van der Waals surface area contributed by atoms with E-state index in [0.717, 1.165) is 11.3 Å². The summed E-state index contributed by atoms with van der Waals surface area (Å²) in [5.41, 5.74) is 0.866. The zero-order valence-corrected chi connectivity index (χ0v) is 11.0. The molecule has 0 unspecified atom stereocenters. The second kappa shape index (κ2) is 5.03. The van der Waals surface area contributed by atoms with Crippen LogP contribution in [0.4, 0.5) is 0 Å². The monoisotopic (exact) mass is 272 g/mol. The normalized spacial score (nSPS) is 10.7. The topological polar surface area (TPSA) is 96.4 Å². The Morgan fingerprint density at radius 3 is 2.55 bits per heavy atom. The maximum absolute atomic E-state index is 5.11. The molecular formula is C11H12N8O. The van der Waals surface area contributed by atoms with Gasteiger partial charge in [-0.25, -0.2) is 4.68 Å². The van der Waals surface area contributed by atoms with Crippen molar-refractivity contribution in [3.8, 4) is 17.1 Å². The number of benzene rings is 1. The smallest absolute Gasteiger partial charge is 0.205 e. The number of hydrogen-bond acceptors (Lipinski definition) is 7.